The Hall–Kier alpha value is -5.50. The molecule has 3 N–H and O–H groups in total. The molecular formula is C59H74F9N7O3. The monoisotopic (exact) mass is 1100 g/mol. The fourth-order valence-corrected chi connectivity index (χ4v) is 11.9. The molecule has 3 amide bonds. The lowest BCUT2D eigenvalue weighted by atomic mass is 9.79. The second kappa shape index (κ2) is 27.1. The number of carbonyl (C=O) groups is 3. The van der Waals surface area contributed by atoms with Gasteiger partial charge in [-0.2, -0.15) is 39.5 Å². The van der Waals surface area contributed by atoms with Gasteiger partial charge in [0.2, 0.25) is 17.7 Å². The van der Waals surface area contributed by atoms with Crippen LogP contribution in [0.15, 0.2) is 97.1 Å². The highest BCUT2D eigenvalue weighted by molar-refractivity contribution is 5.88. The molecular weight excluding hydrogens is 1030 g/mol. The summed E-state index contributed by atoms with van der Waals surface area (Å²) in [5.74, 6) is 0.193. The number of hydrogen-bond donors (Lipinski definition) is 2. The van der Waals surface area contributed by atoms with Crippen molar-refractivity contribution >= 4 is 17.7 Å². The molecule has 4 aromatic rings. The number of alkyl halides is 9. The Morgan fingerprint density at radius 2 is 1.03 bits per heavy atom. The number of aryl methyl sites for hydroxylation is 1. The van der Waals surface area contributed by atoms with E-state index in [4.69, 9.17) is 5.73 Å². The van der Waals surface area contributed by atoms with E-state index in [2.05, 4.69) is 15.1 Å². The average Bonchev–Trinajstić information content (AvgIpc) is 3.44. The third-order valence-electron chi connectivity index (χ3n) is 16.0. The first-order chi connectivity index (χ1) is 37.0. The van der Waals surface area contributed by atoms with Crippen LogP contribution >= 0.6 is 0 Å². The molecule has 10 nitrogen and oxygen atoms in total. The number of likely N-dealkylation sites (tertiary alicyclic amines) is 3. The maximum Gasteiger partial charge on any atom is 0.416 e. The van der Waals surface area contributed by atoms with E-state index in [1.165, 1.54) is 38.2 Å². The average molecular weight is 1100 g/mol. The van der Waals surface area contributed by atoms with Gasteiger partial charge in [-0.1, -0.05) is 78.7 Å². The predicted molar refractivity (Wildman–Crippen MR) is 282 cm³/mol. The van der Waals surface area contributed by atoms with Crippen LogP contribution in [0, 0.1) is 18.8 Å². The summed E-state index contributed by atoms with van der Waals surface area (Å²) in [4.78, 5) is 49.4. The first kappa shape index (κ1) is 60.1. The summed E-state index contributed by atoms with van der Waals surface area (Å²) in [5.41, 5.74) is 4.52. The summed E-state index contributed by atoms with van der Waals surface area (Å²) in [6.45, 7) is 8.60. The molecule has 78 heavy (non-hydrogen) atoms. The van der Waals surface area contributed by atoms with E-state index in [1.807, 2.05) is 35.2 Å². The molecule has 4 aliphatic heterocycles. The quantitative estimate of drug-likeness (QED) is 0.108. The number of nitrogens with two attached hydrogens (primary N) is 1. The standard InChI is InChI=1S/C30H36F6N4O2.C29H38F3N3O/c31-29(32,33)23-17-21(18-24(19-23)30(34,35)36)9-14-40(20-26(37)41)28(42)27(22-7-3-1-4-8-22)39-15-10-25(11-16-39)38-12-5-2-6-13-38;1-21-18-22(20-26(19-21)29(30,31)32)10-15-34(2)28(36)27(25-6-4-3-5-7-25)35-16-11-24(12-17-35)23-8-13-33-14-9-23/h1,3-4,7-8,17-19,25,27H,2,5-6,9-16,20H2,(H2,37,41);3-7,18-20,23-24,27,33H,8-17H2,1-2H3. The Morgan fingerprint density at radius 3 is 1.53 bits per heavy atom. The molecule has 426 valence electrons. The second-order valence-electron chi connectivity index (χ2n) is 21.6. The number of halogens is 9. The molecule has 0 bridgehead atoms. The van der Waals surface area contributed by atoms with Crippen LogP contribution in [0.2, 0.25) is 0 Å². The minimum Gasteiger partial charge on any atom is -0.368 e. The molecule has 0 radical (unpaired) electrons. The summed E-state index contributed by atoms with van der Waals surface area (Å²) in [6.07, 6.45) is -4.32. The van der Waals surface area contributed by atoms with E-state index >= 15 is 0 Å². The summed E-state index contributed by atoms with van der Waals surface area (Å²) in [5, 5.41) is 3.45. The number of nitrogens with zero attached hydrogens (tertiary/aromatic N) is 5. The van der Waals surface area contributed by atoms with Gasteiger partial charge < -0.3 is 25.8 Å². The van der Waals surface area contributed by atoms with Gasteiger partial charge in [0.15, 0.2) is 0 Å². The molecule has 8 rings (SSSR count). The third-order valence-corrected chi connectivity index (χ3v) is 16.0. The van der Waals surface area contributed by atoms with Gasteiger partial charge in [0.05, 0.1) is 23.2 Å². The molecule has 0 saturated carbocycles. The van der Waals surface area contributed by atoms with Crippen molar-refractivity contribution < 1.29 is 53.9 Å². The van der Waals surface area contributed by atoms with Crippen LogP contribution < -0.4 is 11.1 Å². The van der Waals surface area contributed by atoms with Gasteiger partial charge in [-0.05, 0) is 175 Å². The van der Waals surface area contributed by atoms with Crippen molar-refractivity contribution in [1.82, 2.24) is 29.8 Å². The summed E-state index contributed by atoms with van der Waals surface area (Å²) >= 11 is 0. The summed E-state index contributed by atoms with van der Waals surface area (Å²) < 4.78 is 120. The van der Waals surface area contributed by atoms with Crippen molar-refractivity contribution in [3.63, 3.8) is 0 Å². The van der Waals surface area contributed by atoms with Crippen LogP contribution in [0.5, 0.6) is 0 Å². The lowest BCUT2D eigenvalue weighted by molar-refractivity contribution is -0.143. The Bertz CT molecular complexity index is 2520. The number of amides is 3. The maximum absolute atomic E-state index is 14.0. The lowest BCUT2D eigenvalue weighted by Gasteiger charge is -2.43. The third kappa shape index (κ3) is 16.8. The van der Waals surface area contributed by atoms with Crippen LogP contribution in [0.4, 0.5) is 39.5 Å². The highest BCUT2D eigenvalue weighted by atomic mass is 19.4. The fourth-order valence-electron chi connectivity index (χ4n) is 11.9. The number of piperidine rings is 4. The molecule has 2 atom stereocenters. The molecule has 4 heterocycles. The fraction of sp³-hybridized carbons (Fsp3) is 0.542. The van der Waals surface area contributed by atoms with Gasteiger partial charge in [-0.3, -0.25) is 24.2 Å². The van der Waals surface area contributed by atoms with E-state index in [-0.39, 0.29) is 36.5 Å². The van der Waals surface area contributed by atoms with Crippen LogP contribution in [0.25, 0.3) is 0 Å². The van der Waals surface area contributed by atoms with Gasteiger partial charge in [0, 0.05) is 39.3 Å². The Kier molecular flexibility index (Phi) is 20.9. The Balaban J connectivity index is 0.000000229. The van der Waals surface area contributed by atoms with E-state index in [0.717, 1.165) is 93.3 Å². The first-order valence-electron chi connectivity index (χ1n) is 27.4. The molecule has 0 aliphatic carbocycles. The van der Waals surface area contributed by atoms with Crippen molar-refractivity contribution in [2.45, 2.75) is 114 Å². The van der Waals surface area contributed by atoms with Crippen LogP contribution in [-0.4, -0.2) is 127 Å². The highest BCUT2D eigenvalue weighted by Gasteiger charge is 2.40. The van der Waals surface area contributed by atoms with Crippen molar-refractivity contribution in [2.24, 2.45) is 17.6 Å². The molecule has 2 unspecified atom stereocenters. The zero-order valence-corrected chi connectivity index (χ0v) is 44.6. The molecule has 4 saturated heterocycles. The summed E-state index contributed by atoms with van der Waals surface area (Å²) in [6, 6.07) is 23.6. The van der Waals surface area contributed by atoms with Crippen molar-refractivity contribution in [2.75, 3.05) is 79.0 Å². The van der Waals surface area contributed by atoms with Crippen molar-refractivity contribution in [1.29, 1.82) is 0 Å². The van der Waals surface area contributed by atoms with Crippen LogP contribution in [0.1, 0.15) is 114 Å². The first-order valence-corrected chi connectivity index (χ1v) is 27.4. The number of hydrogen-bond acceptors (Lipinski definition) is 7. The SMILES string of the molecule is Cc1cc(CCN(C)C(=O)C(c2ccccc2)N2CCC(C3CCNCC3)CC2)cc(C(F)(F)F)c1.NC(=O)CN(CCc1cc(C(F)(F)F)cc(C(F)(F)F)c1)C(=O)C(c1ccccc1)N1CCC(N2CCCCC2)CC1. The molecule has 4 aromatic carbocycles. The van der Waals surface area contributed by atoms with Gasteiger partial charge in [-0.15, -0.1) is 0 Å². The minimum atomic E-state index is -4.99. The summed E-state index contributed by atoms with van der Waals surface area (Å²) in [7, 11) is 1.76. The van der Waals surface area contributed by atoms with Gasteiger partial charge >= 0.3 is 18.5 Å². The van der Waals surface area contributed by atoms with E-state index in [1.54, 1.807) is 55.3 Å². The highest BCUT2D eigenvalue weighted by Crippen LogP contribution is 2.38. The predicted octanol–water partition coefficient (Wildman–Crippen LogP) is 10.7. The number of nitrogens with one attached hydrogen (secondary N) is 1. The van der Waals surface area contributed by atoms with Gasteiger partial charge in [0.25, 0.3) is 0 Å². The Morgan fingerprint density at radius 1 is 0.577 bits per heavy atom. The van der Waals surface area contributed by atoms with Gasteiger partial charge in [0.1, 0.15) is 12.1 Å². The van der Waals surface area contributed by atoms with Gasteiger partial charge in [-0.25, -0.2) is 0 Å². The van der Waals surface area contributed by atoms with E-state index in [9.17, 15) is 53.9 Å². The minimum absolute atomic E-state index is 0.00483. The van der Waals surface area contributed by atoms with E-state index in [0.29, 0.717) is 60.9 Å². The van der Waals surface area contributed by atoms with E-state index < -0.39 is 59.6 Å². The number of likely N-dealkylation sites (N-methyl/N-ethyl adjacent to an activating group) is 1. The molecule has 0 aromatic heterocycles. The molecule has 4 fully saturated rings. The lowest BCUT2D eigenvalue weighted by Crippen LogP contribution is -2.51. The normalized spacial score (nSPS) is 18.9. The number of benzene rings is 4. The number of carbonyl (C=O) groups excluding carboxylic acids is 3. The molecule has 4 aliphatic rings. The van der Waals surface area contributed by atoms with Crippen LogP contribution in [-0.2, 0) is 45.8 Å². The second-order valence-corrected chi connectivity index (χ2v) is 21.6. The molecule has 0 spiro atoms. The Labute approximate surface area is 452 Å². The van der Waals surface area contributed by atoms with Crippen molar-refractivity contribution in [3.05, 3.63) is 142 Å². The maximum atomic E-state index is 14.0. The topological polar surface area (TPSA) is 105 Å². The number of rotatable bonds is 16. The van der Waals surface area contributed by atoms with Crippen molar-refractivity contribution in [3.8, 4) is 0 Å². The smallest absolute Gasteiger partial charge is 0.368 e. The van der Waals surface area contributed by atoms with Crippen LogP contribution in [0.3, 0.4) is 0 Å². The zero-order chi connectivity index (χ0) is 56.2. The zero-order valence-electron chi connectivity index (χ0n) is 44.6. The molecule has 19 heteroatoms. The number of primary amides is 1. The largest absolute Gasteiger partial charge is 0.416 e.